The molecule has 2 aromatic heterocycles. The van der Waals surface area contributed by atoms with Gasteiger partial charge in [-0.2, -0.15) is 5.10 Å². The Balaban J connectivity index is 1.74. The minimum Gasteiger partial charge on any atom is -0.388 e. The van der Waals surface area contributed by atoms with Gasteiger partial charge in [0.25, 0.3) is 0 Å². The van der Waals surface area contributed by atoms with E-state index in [1.807, 2.05) is 72.8 Å². The summed E-state index contributed by atoms with van der Waals surface area (Å²) >= 11 is 0. The van der Waals surface area contributed by atoms with Crippen molar-refractivity contribution in [3.05, 3.63) is 72.3 Å². The average Bonchev–Trinajstić information content (AvgIpc) is 3.17. The second-order valence-corrected chi connectivity index (χ2v) is 5.17. The van der Waals surface area contributed by atoms with Gasteiger partial charge in [0.2, 0.25) is 0 Å². The Morgan fingerprint density at radius 2 is 1.95 bits per heavy atom. The minimum absolute atomic E-state index is 0.377. The summed E-state index contributed by atoms with van der Waals surface area (Å²) in [5.41, 5.74) is 3.15. The van der Waals surface area contributed by atoms with Crippen molar-refractivity contribution in [2.24, 2.45) is 0 Å². The minimum atomic E-state index is -0.377. The summed E-state index contributed by atoms with van der Waals surface area (Å²) in [6.45, 7) is 2.73. The number of para-hydroxylation sites is 1. The Labute approximate surface area is 124 Å². The molecule has 1 atom stereocenters. The summed E-state index contributed by atoms with van der Waals surface area (Å²) in [5.74, 6) is 0. The lowest BCUT2D eigenvalue weighted by Gasteiger charge is -2.04. The Morgan fingerprint density at radius 3 is 2.71 bits per heavy atom. The summed E-state index contributed by atoms with van der Waals surface area (Å²) in [6.07, 6.45) is 8.25. The molecule has 3 aromatic rings. The average molecular weight is 281 g/mol. The fourth-order valence-electron chi connectivity index (χ4n) is 2.37. The van der Waals surface area contributed by atoms with Crippen LogP contribution >= 0.6 is 0 Å². The zero-order valence-electron chi connectivity index (χ0n) is 12.1. The van der Waals surface area contributed by atoms with Crippen LogP contribution in [0.2, 0.25) is 0 Å². The molecule has 0 aliphatic rings. The molecule has 108 valence electrons. The Bertz CT molecular complexity index is 700. The molecule has 4 heteroatoms. The highest BCUT2D eigenvalue weighted by Crippen LogP contribution is 2.17. The highest BCUT2D eigenvalue weighted by Gasteiger charge is 2.07. The van der Waals surface area contributed by atoms with Crippen molar-refractivity contribution in [3.8, 4) is 5.69 Å². The third-order valence-electron chi connectivity index (χ3n) is 3.57. The molecule has 0 saturated heterocycles. The maximum atomic E-state index is 9.83. The molecule has 4 nitrogen and oxygen atoms in total. The fraction of sp³-hybridized carbons (Fsp3) is 0.235. The Morgan fingerprint density at radius 1 is 1.14 bits per heavy atom. The molecule has 0 spiro atoms. The number of benzene rings is 1. The molecular formula is C17H19N3O. The van der Waals surface area contributed by atoms with Crippen molar-refractivity contribution >= 4 is 0 Å². The van der Waals surface area contributed by atoms with Gasteiger partial charge in [-0.3, -0.25) is 0 Å². The van der Waals surface area contributed by atoms with Gasteiger partial charge in [-0.05, 0) is 30.2 Å². The predicted octanol–water partition coefficient (Wildman–Crippen LogP) is 3.17. The lowest BCUT2D eigenvalue weighted by molar-refractivity contribution is 0.173. The molecule has 21 heavy (non-hydrogen) atoms. The maximum absolute atomic E-state index is 9.83. The van der Waals surface area contributed by atoms with Crippen LogP contribution in [0.25, 0.3) is 5.69 Å². The normalized spacial score (nSPS) is 12.5. The van der Waals surface area contributed by atoms with Crippen molar-refractivity contribution in [3.63, 3.8) is 0 Å². The lowest BCUT2D eigenvalue weighted by Crippen LogP contribution is -1.97. The molecule has 3 rings (SSSR count). The first-order valence-corrected chi connectivity index (χ1v) is 7.19. The van der Waals surface area contributed by atoms with Gasteiger partial charge in [-0.1, -0.05) is 25.1 Å². The van der Waals surface area contributed by atoms with E-state index in [0.29, 0.717) is 0 Å². The van der Waals surface area contributed by atoms with Crippen LogP contribution in [0, 0.1) is 0 Å². The molecule has 0 amide bonds. The van der Waals surface area contributed by atoms with E-state index in [1.54, 1.807) is 0 Å². The molecule has 0 saturated carbocycles. The fourth-order valence-corrected chi connectivity index (χ4v) is 2.37. The monoisotopic (exact) mass is 281 g/mol. The van der Waals surface area contributed by atoms with Crippen LogP contribution in [0.1, 0.15) is 30.6 Å². The van der Waals surface area contributed by atoms with E-state index in [2.05, 4.69) is 9.67 Å². The van der Waals surface area contributed by atoms with Crippen molar-refractivity contribution in [1.82, 2.24) is 14.3 Å². The number of aliphatic hydroxyl groups excluding tert-OH is 1. The van der Waals surface area contributed by atoms with Crippen LogP contribution in [-0.2, 0) is 6.54 Å². The summed E-state index contributed by atoms with van der Waals surface area (Å²) in [7, 11) is 0. The van der Waals surface area contributed by atoms with Crippen LogP contribution in [0.4, 0.5) is 0 Å². The molecule has 1 N–H and O–H groups in total. The highest BCUT2D eigenvalue weighted by atomic mass is 16.3. The van der Waals surface area contributed by atoms with Crippen LogP contribution in [0.5, 0.6) is 0 Å². The largest absolute Gasteiger partial charge is 0.388 e. The van der Waals surface area contributed by atoms with Gasteiger partial charge in [0.1, 0.15) is 0 Å². The summed E-state index contributed by atoms with van der Waals surface area (Å²) in [5, 5.41) is 14.2. The van der Waals surface area contributed by atoms with Gasteiger partial charge in [0, 0.05) is 24.2 Å². The summed E-state index contributed by atoms with van der Waals surface area (Å²) < 4.78 is 3.95. The molecule has 0 aliphatic carbocycles. The summed E-state index contributed by atoms with van der Waals surface area (Å²) in [6, 6.07) is 12.0. The van der Waals surface area contributed by atoms with Gasteiger partial charge in [0.15, 0.2) is 0 Å². The topological polar surface area (TPSA) is 43.0 Å². The smallest absolute Gasteiger partial charge is 0.0802 e. The van der Waals surface area contributed by atoms with Crippen molar-refractivity contribution < 1.29 is 5.11 Å². The van der Waals surface area contributed by atoms with Gasteiger partial charge in [-0.25, -0.2) is 4.68 Å². The molecule has 0 fully saturated rings. The molecule has 2 heterocycles. The first-order valence-electron chi connectivity index (χ1n) is 7.19. The van der Waals surface area contributed by atoms with Crippen LogP contribution in [0.3, 0.4) is 0 Å². The van der Waals surface area contributed by atoms with Crippen LogP contribution in [0.15, 0.2) is 61.2 Å². The van der Waals surface area contributed by atoms with E-state index in [1.165, 1.54) is 0 Å². The first-order chi connectivity index (χ1) is 10.3. The zero-order valence-corrected chi connectivity index (χ0v) is 12.1. The third kappa shape index (κ3) is 3.06. The summed E-state index contributed by atoms with van der Waals surface area (Å²) in [4.78, 5) is 0. The Hall–Kier alpha value is -2.33. The third-order valence-corrected chi connectivity index (χ3v) is 3.57. The van der Waals surface area contributed by atoms with Gasteiger partial charge in [0.05, 0.1) is 24.5 Å². The molecular weight excluding hydrogens is 262 g/mol. The highest BCUT2D eigenvalue weighted by molar-refractivity contribution is 5.31. The molecule has 0 bridgehead atoms. The number of rotatable bonds is 5. The van der Waals surface area contributed by atoms with Crippen molar-refractivity contribution in [1.29, 1.82) is 0 Å². The maximum Gasteiger partial charge on any atom is 0.0802 e. The second-order valence-electron chi connectivity index (χ2n) is 5.17. The van der Waals surface area contributed by atoms with Crippen LogP contribution in [-0.4, -0.2) is 19.5 Å². The first kappa shape index (κ1) is 13.6. The number of aliphatic hydroxyl groups is 1. The molecule has 0 aliphatic heterocycles. The zero-order chi connectivity index (χ0) is 14.7. The van der Waals surface area contributed by atoms with Crippen molar-refractivity contribution in [2.75, 3.05) is 0 Å². The molecule has 1 unspecified atom stereocenters. The predicted molar refractivity (Wildman–Crippen MR) is 82.3 cm³/mol. The SMILES string of the molecule is CCC(O)c1ccn(Cc2cnn(-c3ccccc3)c2)c1. The number of hydrogen-bond donors (Lipinski definition) is 1. The van der Waals surface area contributed by atoms with E-state index in [-0.39, 0.29) is 6.10 Å². The second kappa shape index (κ2) is 5.97. The van der Waals surface area contributed by atoms with E-state index < -0.39 is 0 Å². The number of hydrogen-bond acceptors (Lipinski definition) is 2. The van der Waals surface area contributed by atoms with E-state index >= 15 is 0 Å². The quantitative estimate of drug-likeness (QED) is 0.780. The lowest BCUT2D eigenvalue weighted by atomic mass is 10.1. The number of nitrogens with zero attached hydrogens (tertiary/aromatic N) is 3. The van der Waals surface area contributed by atoms with Gasteiger partial charge >= 0.3 is 0 Å². The van der Waals surface area contributed by atoms with E-state index in [0.717, 1.165) is 29.8 Å². The standard InChI is InChI=1S/C17H19N3O/c1-2-17(21)15-8-9-19(13-15)11-14-10-18-20(12-14)16-6-4-3-5-7-16/h3-10,12-13,17,21H,2,11H2,1H3. The van der Waals surface area contributed by atoms with E-state index in [4.69, 9.17) is 0 Å². The molecule has 0 radical (unpaired) electrons. The number of aromatic nitrogens is 3. The van der Waals surface area contributed by atoms with E-state index in [9.17, 15) is 5.11 Å². The van der Waals surface area contributed by atoms with Gasteiger partial charge in [-0.15, -0.1) is 0 Å². The van der Waals surface area contributed by atoms with Gasteiger partial charge < -0.3 is 9.67 Å². The Kier molecular flexibility index (Phi) is 3.88. The van der Waals surface area contributed by atoms with Crippen molar-refractivity contribution in [2.45, 2.75) is 26.0 Å². The van der Waals surface area contributed by atoms with Crippen LogP contribution < -0.4 is 0 Å². The molecule has 1 aromatic carbocycles.